The van der Waals surface area contributed by atoms with Crippen molar-refractivity contribution < 1.29 is 9.53 Å². The van der Waals surface area contributed by atoms with E-state index in [0.717, 1.165) is 24.5 Å². The van der Waals surface area contributed by atoms with Crippen molar-refractivity contribution in [3.05, 3.63) is 65.2 Å². The Morgan fingerprint density at radius 1 is 1.12 bits per heavy atom. The fourth-order valence-corrected chi connectivity index (χ4v) is 4.97. The molecule has 1 saturated heterocycles. The summed E-state index contributed by atoms with van der Waals surface area (Å²) >= 11 is 7.36. The summed E-state index contributed by atoms with van der Waals surface area (Å²) in [7, 11) is 1.90. The third kappa shape index (κ3) is 5.95. The first-order valence-corrected chi connectivity index (χ1v) is 12.3. The van der Waals surface area contributed by atoms with E-state index in [9.17, 15) is 4.79 Å². The lowest BCUT2D eigenvalue weighted by molar-refractivity contribution is -0.119. The second-order valence-electron chi connectivity index (χ2n) is 8.02. The molecule has 1 aliphatic rings. The van der Waals surface area contributed by atoms with E-state index in [2.05, 4.69) is 39.5 Å². The summed E-state index contributed by atoms with van der Waals surface area (Å²) in [5.41, 5.74) is 2.12. The first-order chi connectivity index (χ1) is 16.0. The average molecular weight is 486 g/mol. The van der Waals surface area contributed by atoms with Gasteiger partial charge in [-0.25, -0.2) is 0 Å². The van der Waals surface area contributed by atoms with E-state index in [0.29, 0.717) is 23.4 Å². The van der Waals surface area contributed by atoms with Crippen LogP contribution in [0.2, 0.25) is 5.02 Å². The zero-order valence-corrected chi connectivity index (χ0v) is 20.4. The van der Waals surface area contributed by atoms with Crippen molar-refractivity contribution in [3.63, 3.8) is 0 Å². The number of ether oxygens (including phenoxy) is 1. The predicted molar refractivity (Wildman–Crippen MR) is 131 cm³/mol. The van der Waals surface area contributed by atoms with E-state index >= 15 is 0 Å². The number of rotatable bonds is 8. The minimum absolute atomic E-state index is 0.0299. The van der Waals surface area contributed by atoms with E-state index in [4.69, 9.17) is 16.3 Å². The van der Waals surface area contributed by atoms with Crippen LogP contribution in [0.4, 0.5) is 0 Å². The van der Waals surface area contributed by atoms with Crippen molar-refractivity contribution in [2.75, 3.05) is 32.1 Å². The van der Waals surface area contributed by atoms with Crippen molar-refractivity contribution in [3.8, 4) is 11.4 Å². The first-order valence-electron chi connectivity index (χ1n) is 11.0. The fourth-order valence-electron chi connectivity index (χ4n) is 4.12. The molecule has 0 spiro atoms. The maximum atomic E-state index is 12.8. The van der Waals surface area contributed by atoms with Gasteiger partial charge in [0.2, 0.25) is 5.91 Å². The summed E-state index contributed by atoms with van der Waals surface area (Å²) < 4.78 is 7.42. The Morgan fingerprint density at radius 2 is 1.82 bits per heavy atom. The monoisotopic (exact) mass is 485 g/mol. The van der Waals surface area contributed by atoms with E-state index in [-0.39, 0.29) is 23.7 Å². The molecule has 9 heteroatoms. The van der Waals surface area contributed by atoms with Crippen LogP contribution in [0.25, 0.3) is 11.4 Å². The number of morpholine rings is 1. The van der Waals surface area contributed by atoms with Gasteiger partial charge in [-0.2, -0.15) is 0 Å². The van der Waals surface area contributed by atoms with Gasteiger partial charge in [-0.15, -0.1) is 10.2 Å². The highest BCUT2D eigenvalue weighted by Crippen LogP contribution is 2.26. The lowest BCUT2D eigenvalue weighted by Gasteiger charge is -2.38. The maximum absolute atomic E-state index is 12.8. The molecule has 1 amide bonds. The molecule has 0 saturated carbocycles. The number of nitrogens with one attached hydrogen (secondary N) is 1. The van der Waals surface area contributed by atoms with Crippen molar-refractivity contribution in [1.82, 2.24) is 25.0 Å². The molecule has 1 aromatic heterocycles. The van der Waals surface area contributed by atoms with Crippen LogP contribution < -0.4 is 5.32 Å². The molecular formula is C24H28ClN5O2S. The molecule has 4 rings (SSSR count). The number of amides is 1. The van der Waals surface area contributed by atoms with Crippen LogP contribution in [0.5, 0.6) is 0 Å². The summed E-state index contributed by atoms with van der Waals surface area (Å²) in [4.78, 5) is 15.2. The van der Waals surface area contributed by atoms with Gasteiger partial charge in [0.1, 0.15) is 0 Å². The van der Waals surface area contributed by atoms with Gasteiger partial charge in [-0.1, -0.05) is 53.7 Å². The van der Waals surface area contributed by atoms with Crippen LogP contribution in [0, 0.1) is 0 Å². The van der Waals surface area contributed by atoms with Crippen LogP contribution >= 0.6 is 23.4 Å². The minimum atomic E-state index is -0.0530. The van der Waals surface area contributed by atoms with Crippen LogP contribution in [-0.4, -0.2) is 63.7 Å². The summed E-state index contributed by atoms with van der Waals surface area (Å²) in [6, 6.07) is 17.8. The summed E-state index contributed by atoms with van der Waals surface area (Å²) in [5, 5.41) is 13.1. The molecule has 2 aromatic carbocycles. The second kappa shape index (κ2) is 11.2. The van der Waals surface area contributed by atoms with Crippen LogP contribution in [-0.2, 0) is 16.6 Å². The van der Waals surface area contributed by atoms with Gasteiger partial charge in [0.05, 0.1) is 25.0 Å². The number of halogens is 1. The predicted octanol–water partition coefficient (Wildman–Crippen LogP) is 3.81. The number of hydrogen-bond donors (Lipinski definition) is 1. The molecule has 33 heavy (non-hydrogen) atoms. The topological polar surface area (TPSA) is 72.3 Å². The van der Waals surface area contributed by atoms with Gasteiger partial charge in [-0.05, 0) is 36.8 Å². The average Bonchev–Trinajstić information content (AvgIpc) is 3.20. The van der Waals surface area contributed by atoms with Gasteiger partial charge in [0.25, 0.3) is 0 Å². The molecule has 0 radical (unpaired) electrons. The van der Waals surface area contributed by atoms with Gasteiger partial charge >= 0.3 is 0 Å². The smallest absolute Gasteiger partial charge is 0.230 e. The molecule has 1 fully saturated rings. The fraction of sp³-hybridized carbons (Fsp3) is 0.375. The Morgan fingerprint density at radius 3 is 2.52 bits per heavy atom. The molecule has 0 aliphatic carbocycles. The molecule has 0 unspecified atom stereocenters. The Kier molecular flexibility index (Phi) is 8.03. The molecule has 1 aliphatic heterocycles. The SMILES string of the molecule is C[C@@H](NC(=O)CSc1nnc(-c2ccc(Cl)cc2)n1C)[C@H](c1ccccc1)N1CCOCC1. The zero-order chi connectivity index (χ0) is 23.2. The van der Waals surface area contributed by atoms with E-state index in [1.54, 1.807) is 0 Å². The minimum Gasteiger partial charge on any atom is -0.379 e. The third-order valence-electron chi connectivity index (χ3n) is 5.71. The van der Waals surface area contributed by atoms with Gasteiger partial charge in [-0.3, -0.25) is 9.69 Å². The highest BCUT2D eigenvalue weighted by Gasteiger charge is 2.28. The Hall–Kier alpha value is -2.39. The largest absolute Gasteiger partial charge is 0.379 e. The Labute approximate surface area is 203 Å². The number of hydrogen-bond acceptors (Lipinski definition) is 6. The van der Waals surface area contributed by atoms with E-state index < -0.39 is 0 Å². The van der Waals surface area contributed by atoms with E-state index in [1.165, 1.54) is 17.3 Å². The van der Waals surface area contributed by atoms with Crippen LogP contribution in [0.3, 0.4) is 0 Å². The standard InChI is InChI=1S/C24H28ClN5O2S/c1-17(22(18-6-4-3-5-7-18)30-12-14-32-15-13-30)26-21(31)16-33-24-28-27-23(29(24)2)19-8-10-20(25)11-9-19/h3-11,17,22H,12-16H2,1-2H3,(H,26,31)/t17-,22-/m1/s1. The van der Waals surface area contributed by atoms with Crippen molar-refractivity contribution in [2.24, 2.45) is 7.05 Å². The number of nitrogens with zero attached hydrogens (tertiary/aromatic N) is 4. The normalized spacial score (nSPS) is 16.3. The van der Waals surface area contributed by atoms with Crippen molar-refractivity contribution >= 4 is 29.3 Å². The molecule has 0 bridgehead atoms. The summed E-state index contributed by atoms with van der Waals surface area (Å²) in [6.45, 7) is 5.18. The molecule has 174 valence electrons. The molecule has 2 atom stereocenters. The molecule has 3 aromatic rings. The summed E-state index contributed by atoms with van der Waals surface area (Å²) in [5.74, 6) is 0.971. The highest BCUT2D eigenvalue weighted by atomic mass is 35.5. The number of benzene rings is 2. The quantitative estimate of drug-likeness (QED) is 0.489. The van der Waals surface area contributed by atoms with Crippen molar-refractivity contribution in [1.29, 1.82) is 0 Å². The molecule has 2 heterocycles. The van der Waals surface area contributed by atoms with Crippen LogP contribution in [0.15, 0.2) is 59.8 Å². The highest BCUT2D eigenvalue weighted by molar-refractivity contribution is 7.99. The third-order valence-corrected chi connectivity index (χ3v) is 6.98. The van der Waals surface area contributed by atoms with Gasteiger partial charge in [0.15, 0.2) is 11.0 Å². The Balaban J connectivity index is 1.39. The molecule has 7 nitrogen and oxygen atoms in total. The Bertz CT molecular complexity index is 1050. The van der Waals surface area contributed by atoms with Crippen molar-refractivity contribution in [2.45, 2.75) is 24.2 Å². The maximum Gasteiger partial charge on any atom is 0.230 e. The second-order valence-corrected chi connectivity index (χ2v) is 9.40. The van der Waals surface area contributed by atoms with Gasteiger partial charge < -0.3 is 14.6 Å². The van der Waals surface area contributed by atoms with Crippen LogP contribution in [0.1, 0.15) is 18.5 Å². The summed E-state index contributed by atoms with van der Waals surface area (Å²) in [6.07, 6.45) is 0. The molecule has 1 N–H and O–H groups in total. The molecular weight excluding hydrogens is 458 g/mol. The lowest BCUT2D eigenvalue weighted by atomic mass is 9.98. The number of carbonyl (C=O) groups excluding carboxylic acids is 1. The van der Waals surface area contributed by atoms with E-state index in [1.807, 2.05) is 54.1 Å². The number of carbonyl (C=O) groups is 1. The number of aromatic nitrogens is 3. The first kappa shape index (κ1) is 23.8. The number of thioether (sulfide) groups is 1. The zero-order valence-electron chi connectivity index (χ0n) is 18.8. The van der Waals surface area contributed by atoms with Gasteiger partial charge in [0, 0.05) is 36.8 Å². The lowest BCUT2D eigenvalue weighted by Crippen LogP contribution is -2.48.